The van der Waals surface area contributed by atoms with Crippen LogP contribution in [0.4, 0.5) is 0 Å². The van der Waals surface area contributed by atoms with Crippen molar-refractivity contribution in [1.82, 2.24) is 0 Å². The van der Waals surface area contributed by atoms with Crippen molar-refractivity contribution in [2.75, 3.05) is 0 Å². The van der Waals surface area contributed by atoms with E-state index >= 15 is 0 Å². The summed E-state index contributed by atoms with van der Waals surface area (Å²) in [5, 5.41) is 1.85. The van der Waals surface area contributed by atoms with Gasteiger partial charge in [0.05, 0.1) is 11.1 Å². The lowest BCUT2D eigenvalue weighted by Crippen LogP contribution is -2.68. The van der Waals surface area contributed by atoms with Gasteiger partial charge in [0.1, 0.15) is 9.40 Å². The summed E-state index contributed by atoms with van der Waals surface area (Å²) in [6.45, 7) is 0. The zero-order valence-electron chi connectivity index (χ0n) is 16.6. The first kappa shape index (κ1) is 26.3. The molecule has 0 amide bonds. The summed E-state index contributed by atoms with van der Waals surface area (Å²) in [6, 6.07) is 24.6. The normalized spacial score (nSPS) is 11.5. The molecule has 0 fully saturated rings. The Labute approximate surface area is 203 Å². The Balaban J connectivity index is 0.000000277. The van der Waals surface area contributed by atoms with Crippen molar-refractivity contribution in [3.63, 3.8) is 0 Å². The first-order chi connectivity index (χ1) is 15.9. The second kappa shape index (κ2) is 11.0. The zero-order chi connectivity index (χ0) is 24.9. The van der Waals surface area contributed by atoms with E-state index in [9.17, 15) is 0 Å². The standard InChI is InChI=1S/C20H12O2S2.2ClHO4/c1-3-7-17-15(5-1)21-19(23-17)13-9-11-14(12-10-13)20-22-16-6-2-4-8-18(16)24-20;2*2-1(3,4)5/h1-12H;2*(H,2,3,4,5)/q+2;;/p-2. The second-order valence-corrected chi connectivity index (χ2v) is 9.75. The molecule has 0 radical (unpaired) electrons. The summed E-state index contributed by atoms with van der Waals surface area (Å²) in [5.41, 5.74) is 4.03. The molecular weight excluding hydrogens is 535 g/mol. The van der Waals surface area contributed by atoms with Crippen LogP contribution in [0.2, 0.25) is 0 Å². The average molecular weight is 547 g/mol. The third-order valence-corrected chi connectivity index (χ3v) is 5.99. The monoisotopic (exact) mass is 546 g/mol. The molecule has 0 aliphatic rings. The molecule has 10 nitrogen and oxygen atoms in total. The van der Waals surface area contributed by atoms with Crippen LogP contribution < -0.4 is 37.3 Å². The highest BCUT2D eigenvalue weighted by atomic mass is 35.7. The molecule has 0 unspecified atom stereocenters. The predicted molar refractivity (Wildman–Crippen MR) is 101 cm³/mol. The zero-order valence-corrected chi connectivity index (χ0v) is 19.7. The van der Waals surface area contributed by atoms with Gasteiger partial charge in [0.2, 0.25) is 0 Å². The summed E-state index contributed by atoms with van der Waals surface area (Å²) >= 11 is 3.34. The van der Waals surface area contributed by atoms with Gasteiger partial charge in [-0.2, -0.15) is 8.83 Å². The minimum absolute atomic E-state index is 0.927. The molecular formula is C20H12Cl2O10S2. The maximum atomic E-state index is 8.49. The van der Waals surface area contributed by atoms with E-state index in [1.54, 1.807) is 22.7 Å². The van der Waals surface area contributed by atoms with E-state index in [4.69, 9.17) is 46.1 Å². The highest BCUT2D eigenvalue weighted by Gasteiger charge is 2.22. The van der Waals surface area contributed by atoms with Crippen LogP contribution in [-0.4, -0.2) is 0 Å². The highest BCUT2D eigenvalue weighted by Crippen LogP contribution is 2.36. The molecule has 2 aromatic heterocycles. The van der Waals surface area contributed by atoms with E-state index in [1.165, 1.54) is 0 Å². The van der Waals surface area contributed by atoms with Crippen molar-refractivity contribution in [2.24, 2.45) is 0 Å². The van der Waals surface area contributed by atoms with E-state index in [0.717, 1.165) is 41.8 Å². The smallest absolute Gasteiger partial charge is 0.222 e. The summed E-state index contributed by atoms with van der Waals surface area (Å²) in [5.74, 6) is 0. The molecule has 0 aliphatic carbocycles. The molecule has 14 heteroatoms. The van der Waals surface area contributed by atoms with Crippen LogP contribution >= 0.6 is 22.7 Å². The fourth-order valence-electron chi connectivity index (χ4n) is 2.66. The van der Waals surface area contributed by atoms with Gasteiger partial charge in [0.25, 0.3) is 0 Å². The minimum Gasteiger partial charge on any atom is -0.222 e. The Kier molecular flexibility index (Phi) is 8.48. The van der Waals surface area contributed by atoms with E-state index in [0.29, 0.717) is 0 Å². The second-order valence-electron chi connectivity index (χ2n) is 6.21. The molecule has 34 heavy (non-hydrogen) atoms. The van der Waals surface area contributed by atoms with Crippen molar-refractivity contribution in [3.8, 4) is 21.3 Å². The highest BCUT2D eigenvalue weighted by molar-refractivity contribution is 7.21. The number of rotatable bonds is 2. The van der Waals surface area contributed by atoms with Gasteiger partial charge in [-0.3, -0.25) is 0 Å². The number of para-hydroxylation sites is 2. The van der Waals surface area contributed by atoms with Gasteiger partial charge < -0.3 is 0 Å². The van der Waals surface area contributed by atoms with Crippen molar-refractivity contribution in [3.05, 3.63) is 72.8 Å². The molecule has 0 saturated heterocycles. The third-order valence-electron chi connectivity index (χ3n) is 3.87. The summed E-state index contributed by atoms with van der Waals surface area (Å²) in [6.07, 6.45) is 0. The maximum Gasteiger partial charge on any atom is 0.418 e. The topological polar surface area (TPSA) is 207 Å². The van der Waals surface area contributed by atoms with Crippen LogP contribution in [0.25, 0.3) is 41.8 Å². The van der Waals surface area contributed by atoms with E-state index in [1.807, 2.05) is 36.4 Å². The quantitative estimate of drug-likeness (QED) is 0.216. The number of fused-ring (bicyclic) bond motifs is 2. The van der Waals surface area contributed by atoms with E-state index in [2.05, 4.69) is 36.4 Å². The lowest BCUT2D eigenvalue weighted by atomic mass is 10.2. The molecule has 0 aliphatic heterocycles. The minimum atomic E-state index is -4.94. The average Bonchev–Trinajstić information content (AvgIpc) is 3.36. The fraction of sp³-hybridized carbons (Fsp3) is 0. The molecule has 0 N–H and O–H groups in total. The third kappa shape index (κ3) is 8.48. The Hall–Kier alpha value is -2.30. The Morgan fingerprint density at radius 1 is 0.471 bits per heavy atom. The number of hydrogen-bond donors (Lipinski definition) is 0. The lowest BCUT2D eigenvalue weighted by molar-refractivity contribution is -2.00. The number of benzene rings is 3. The van der Waals surface area contributed by atoms with Gasteiger partial charge >= 0.3 is 21.3 Å². The molecule has 2 heterocycles. The van der Waals surface area contributed by atoms with Crippen LogP contribution in [0.3, 0.4) is 0 Å². The van der Waals surface area contributed by atoms with Crippen LogP contribution in [0, 0.1) is 20.5 Å². The van der Waals surface area contributed by atoms with Crippen LogP contribution in [-0.2, 0) is 0 Å². The van der Waals surface area contributed by atoms with Gasteiger partial charge in [-0.05, 0) is 59.1 Å². The molecule has 5 rings (SSSR count). The molecule has 0 bridgehead atoms. The van der Waals surface area contributed by atoms with Gasteiger partial charge in [0.15, 0.2) is 0 Å². The molecule has 0 saturated carbocycles. The van der Waals surface area contributed by atoms with Crippen LogP contribution in [0.15, 0.2) is 81.6 Å². The van der Waals surface area contributed by atoms with Gasteiger partial charge in [-0.1, -0.05) is 24.3 Å². The molecule has 0 atom stereocenters. The molecule has 0 spiro atoms. The largest absolute Gasteiger partial charge is 0.418 e. The van der Waals surface area contributed by atoms with Gasteiger partial charge in [-0.15, -0.1) is 20.5 Å². The Morgan fingerprint density at radius 3 is 1.06 bits per heavy atom. The maximum absolute atomic E-state index is 8.49. The van der Waals surface area contributed by atoms with Crippen molar-refractivity contribution in [2.45, 2.75) is 0 Å². The lowest BCUT2D eigenvalue weighted by Gasteiger charge is -2.17. The Bertz CT molecular complexity index is 1170. The van der Waals surface area contributed by atoms with Gasteiger partial charge in [0, 0.05) is 12.1 Å². The van der Waals surface area contributed by atoms with E-state index < -0.39 is 20.5 Å². The van der Waals surface area contributed by atoms with Crippen LogP contribution in [0.1, 0.15) is 0 Å². The number of halogens is 2. The number of hydrogen-bond acceptors (Lipinski definition) is 10. The summed E-state index contributed by atoms with van der Waals surface area (Å²) in [7, 11) is -9.89. The van der Waals surface area contributed by atoms with Crippen molar-refractivity contribution in [1.29, 1.82) is 0 Å². The summed E-state index contributed by atoms with van der Waals surface area (Å²) in [4.78, 5) is 0. The first-order valence-electron chi connectivity index (χ1n) is 8.84. The molecule has 5 aromatic rings. The fourth-order valence-corrected chi connectivity index (χ4v) is 4.54. The predicted octanol–water partition coefficient (Wildman–Crippen LogP) is -2.31. The van der Waals surface area contributed by atoms with Crippen molar-refractivity contribution < 1.29 is 66.6 Å². The first-order valence-corrected chi connectivity index (χ1v) is 12.9. The SMILES string of the molecule is [O-][Cl+3]([O-])([O-])[O-].[O-][Cl+3]([O-])([O-])[O-].c1ccc2sc(-c3ccc(-c4[o+]c5ccccc5s4)cc3)[o+]c2c1. The molecule has 178 valence electrons. The summed E-state index contributed by atoms with van der Waals surface area (Å²) < 4.78 is 82.2. The van der Waals surface area contributed by atoms with E-state index in [-0.39, 0.29) is 0 Å². The molecule has 3 aromatic carbocycles. The van der Waals surface area contributed by atoms with Crippen LogP contribution in [0.5, 0.6) is 0 Å². The Morgan fingerprint density at radius 2 is 0.765 bits per heavy atom. The van der Waals surface area contributed by atoms with Gasteiger partial charge in [-0.25, -0.2) is 37.3 Å². The van der Waals surface area contributed by atoms with Crippen molar-refractivity contribution >= 4 is 43.2 Å².